The first-order chi connectivity index (χ1) is 12.2. The molecule has 0 aliphatic rings. The van der Waals surface area contributed by atoms with E-state index in [9.17, 15) is 8.42 Å². The molecule has 0 aliphatic heterocycles. The standard InChI is InChI=1S/C21H29NO3S/c1-6-7-8-16-9-12-18(13-10-16)26(23,24)22-19-15-17(21(2,3)4)11-14-20(19)25-5/h9-15,22H,6-8H2,1-5H3. The summed E-state index contributed by atoms with van der Waals surface area (Å²) in [6.07, 6.45) is 3.18. The molecule has 0 fully saturated rings. The first-order valence-electron chi connectivity index (χ1n) is 8.97. The summed E-state index contributed by atoms with van der Waals surface area (Å²) >= 11 is 0. The van der Waals surface area contributed by atoms with E-state index >= 15 is 0 Å². The lowest BCUT2D eigenvalue weighted by Gasteiger charge is -2.21. The topological polar surface area (TPSA) is 55.4 Å². The number of hydrogen-bond acceptors (Lipinski definition) is 3. The maximum Gasteiger partial charge on any atom is 0.262 e. The third kappa shape index (κ3) is 5.01. The van der Waals surface area contributed by atoms with Gasteiger partial charge in [-0.1, -0.05) is 52.3 Å². The van der Waals surface area contributed by atoms with Crippen LogP contribution in [0.5, 0.6) is 5.75 Å². The van der Waals surface area contributed by atoms with Crippen molar-refractivity contribution in [3.8, 4) is 5.75 Å². The van der Waals surface area contributed by atoms with Gasteiger partial charge >= 0.3 is 0 Å². The SMILES string of the molecule is CCCCc1ccc(S(=O)(=O)Nc2cc(C(C)(C)C)ccc2OC)cc1. The van der Waals surface area contributed by atoms with E-state index in [2.05, 4.69) is 32.4 Å². The second-order valence-electron chi connectivity index (χ2n) is 7.52. The number of unbranched alkanes of at least 4 members (excludes halogenated alkanes) is 1. The van der Waals surface area contributed by atoms with Gasteiger partial charge in [0.25, 0.3) is 10.0 Å². The normalized spacial score (nSPS) is 12.0. The van der Waals surface area contributed by atoms with Crippen molar-refractivity contribution in [3.63, 3.8) is 0 Å². The molecule has 0 aromatic heterocycles. The number of benzene rings is 2. The van der Waals surface area contributed by atoms with Gasteiger partial charge < -0.3 is 4.74 Å². The number of methoxy groups -OCH3 is 1. The van der Waals surface area contributed by atoms with Crippen LogP contribution < -0.4 is 9.46 Å². The van der Waals surface area contributed by atoms with Gasteiger partial charge in [0.15, 0.2) is 0 Å². The van der Waals surface area contributed by atoms with Crippen molar-refractivity contribution < 1.29 is 13.2 Å². The highest BCUT2D eigenvalue weighted by Crippen LogP contribution is 2.32. The van der Waals surface area contributed by atoms with Gasteiger partial charge in [0.05, 0.1) is 17.7 Å². The number of ether oxygens (including phenoxy) is 1. The third-order valence-corrected chi connectivity index (χ3v) is 5.74. The fourth-order valence-electron chi connectivity index (χ4n) is 2.67. The number of sulfonamides is 1. The molecule has 0 heterocycles. The lowest BCUT2D eigenvalue weighted by Crippen LogP contribution is -2.16. The Bertz CT molecular complexity index is 835. The Labute approximate surface area is 157 Å². The van der Waals surface area contributed by atoms with E-state index in [1.54, 1.807) is 18.2 Å². The number of hydrogen-bond donors (Lipinski definition) is 1. The van der Waals surface area contributed by atoms with Gasteiger partial charge in [-0.25, -0.2) is 8.42 Å². The minimum Gasteiger partial charge on any atom is -0.495 e. The minimum atomic E-state index is -3.68. The van der Waals surface area contributed by atoms with Gasteiger partial charge in [0.2, 0.25) is 0 Å². The summed E-state index contributed by atoms with van der Waals surface area (Å²) in [5, 5.41) is 0. The molecule has 26 heavy (non-hydrogen) atoms. The smallest absolute Gasteiger partial charge is 0.262 e. The van der Waals surface area contributed by atoms with Crippen molar-refractivity contribution in [1.29, 1.82) is 0 Å². The molecule has 2 aromatic carbocycles. The Morgan fingerprint density at radius 2 is 1.69 bits per heavy atom. The van der Waals surface area contributed by atoms with E-state index < -0.39 is 10.0 Å². The first kappa shape index (κ1) is 20.3. The maximum absolute atomic E-state index is 12.8. The Hall–Kier alpha value is -2.01. The van der Waals surface area contributed by atoms with Crippen molar-refractivity contribution in [3.05, 3.63) is 53.6 Å². The molecule has 0 radical (unpaired) electrons. The van der Waals surface area contributed by atoms with Gasteiger partial charge in [0.1, 0.15) is 5.75 Å². The number of aryl methyl sites for hydroxylation is 1. The highest BCUT2D eigenvalue weighted by molar-refractivity contribution is 7.92. The predicted octanol–water partition coefficient (Wildman–Crippen LogP) is 5.14. The van der Waals surface area contributed by atoms with Gasteiger partial charge in [0, 0.05) is 0 Å². The van der Waals surface area contributed by atoms with Crippen LogP contribution in [-0.4, -0.2) is 15.5 Å². The molecular weight excluding hydrogens is 346 g/mol. The van der Waals surface area contributed by atoms with Crippen LogP contribution in [-0.2, 0) is 21.9 Å². The van der Waals surface area contributed by atoms with E-state index in [0.29, 0.717) is 11.4 Å². The number of anilines is 1. The van der Waals surface area contributed by atoms with Crippen molar-refractivity contribution >= 4 is 15.7 Å². The second kappa shape index (κ2) is 8.12. The Balaban J connectivity index is 2.31. The molecule has 142 valence electrons. The van der Waals surface area contributed by atoms with Crippen molar-refractivity contribution in [2.45, 2.75) is 57.3 Å². The summed E-state index contributed by atoms with van der Waals surface area (Å²) in [7, 11) is -2.14. The molecule has 1 N–H and O–H groups in total. The van der Waals surface area contributed by atoms with Crippen LogP contribution in [0, 0.1) is 0 Å². The van der Waals surface area contributed by atoms with Crippen LogP contribution >= 0.6 is 0 Å². The summed E-state index contributed by atoms with van der Waals surface area (Å²) in [5.41, 5.74) is 2.55. The first-order valence-corrected chi connectivity index (χ1v) is 10.5. The van der Waals surface area contributed by atoms with E-state index in [4.69, 9.17) is 4.74 Å². The Morgan fingerprint density at radius 1 is 1.04 bits per heavy atom. The van der Waals surface area contributed by atoms with Crippen LogP contribution in [0.2, 0.25) is 0 Å². The largest absolute Gasteiger partial charge is 0.495 e. The molecule has 0 saturated carbocycles. The summed E-state index contributed by atoms with van der Waals surface area (Å²) in [5.74, 6) is 0.501. The van der Waals surface area contributed by atoms with E-state index in [1.165, 1.54) is 7.11 Å². The molecule has 2 rings (SSSR count). The Kier molecular flexibility index (Phi) is 6.34. The van der Waals surface area contributed by atoms with E-state index in [0.717, 1.165) is 30.4 Å². The zero-order valence-electron chi connectivity index (χ0n) is 16.3. The van der Waals surface area contributed by atoms with Crippen LogP contribution in [0.25, 0.3) is 0 Å². The maximum atomic E-state index is 12.8. The molecule has 0 aliphatic carbocycles. The van der Waals surface area contributed by atoms with Crippen LogP contribution in [0.4, 0.5) is 5.69 Å². The second-order valence-corrected chi connectivity index (χ2v) is 9.20. The highest BCUT2D eigenvalue weighted by Gasteiger charge is 2.20. The quantitative estimate of drug-likeness (QED) is 0.729. The molecule has 4 nitrogen and oxygen atoms in total. The molecular formula is C21H29NO3S. The molecule has 2 aromatic rings. The van der Waals surface area contributed by atoms with E-state index in [-0.39, 0.29) is 10.3 Å². The van der Waals surface area contributed by atoms with Gasteiger partial charge in [-0.15, -0.1) is 0 Å². The summed E-state index contributed by atoms with van der Waals surface area (Å²) in [6.45, 7) is 8.40. The molecule has 0 atom stereocenters. The fraction of sp³-hybridized carbons (Fsp3) is 0.429. The minimum absolute atomic E-state index is 0.0899. The summed E-state index contributed by atoms with van der Waals surface area (Å²) < 4.78 is 33.6. The van der Waals surface area contributed by atoms with E-state index in [1.807, 2.05) is 24.3 Å². The molecule has 0 spiro atoms. The lowest BCUT2D eigenvalue weighted by molar-refractivity contribution is 0.416. The average molecular weight is 376 g/mol. The van der Waals surface area contributed by atoms with Crippen LogP contribution in [0.15, 0.2) is 47.4 Å². The van der Waals surface area contributed by atoms with Crippen molar-refractivity contribution in [2.75, 3.05) is 11.8 Å². The van der Waals surface area contributed by atoms with Crippen molar-refractivity contribution in [2.24, 2.45) is 0 Å². The third-order valence-electron chi connectivity index (χ3n) is 4.36. The number of rotatable bonds is 7. The summed E-state index contributed by atoms with van der Waals surface area (Å²) in [6, 6.07) is 12.7. The molecule has 0 bridgehead atoms. The zero-order chi connectivity index (χ0) is 19.4. The van der Waals surface area contributed by atoms with Crippen LogP contribution in [0.1, 0.15) is 51.7 Å². The molecule has 5 heteroatoms. The van der Waals surface area contributed by atoms with Gasteiger partial charge in [-0.05, 0) is 53.6 Å². The summed E-state index contributed by atoms with van der Waals surface area (Å²) in [4.78, 5) is 0.251. The predicted molar refractivity (Wildman–Crippen MR) is 108 cm³/mol. The number of nitrogens with one attached hydrogen (secondary N) is 1. The molecule has 0 amide bonds. The Morgan fingerprint density at radius 3 is 2.23 bits per heavy atom. The van der Waals surface area contributed by atoms with Crippen molar-refractivity contribution in [1.82, 2.24) is 0 Å². The average Bonchev–Trinajstić information content (AvgIpc) is 2.59. The van der Waals surface area contributed by atoms with Gasteiger partial charge in [-0.3, -0.25) is 4.72 Å². The zero-order valence-corrected chi connectivity index (χ0v) is 17.1. The lowest BCUT2D eigenvalue weighted by atomic mass is 9.87. The fourth-order valence-corrected chi connectivity index (χ4v) is 3.74. The molecule has 0 saturated heterocycles. The molecule has 0 unspecified atom stereocenters. The van der Waals surface area contributed by atoms with Gasteiger partial charge in [-0.2, -0.15) is 0 Å². The monoisotopic (exact) mass is 375 g/mol. The van der Waals surface area contributed by atoms with Crippen LogP contribution in [0.3, 0.4) is 0 Å². The highest BCUT2D eigenvalue weighted by atomic mass is 32.2.